The fourth-order valence-electron chi connectivity index (χ4n) is 0.217. The van der Waals surface area contributed by atoms with Gasteiger partial charge in [-0.05, 0) is 11.6 Å². The highest BCUT2D eigenvalue weighted by molar-refractivity contribution is 6.63. The Kier molecular flexibility index (Phi) is 4.95. The molecule has 0 atom stereocenters. The Morgan fingerprint density at radius 1 is 1.75 bits per heavy atom. The van der Waals surface area contributed by atoms with Gasteiger partial charge in [-0.3, -0.25) is 4.79 Å². The number of carbonyl (C=O) groups excluding carboxylic acids is 1. The number of carbonyl (C=O) groups is 1. The molecule has 0 amide bonds. The van der Waals surface area contributed by atoms with Crippen LogP contribution in [0.15, 0.2) is 0 Å². The summed E-state index contributed by atoms with van der Waals surface area (Å²) >= 11 is 4.87. The third-order valence-corrected chi connectivity index (χ3v) is 0.560. The molecular formula is C4H7ClO3. The summed E-state index contributed by atoms with van der Waals surface area (Å²) in [6.07, 6.45) is 0. The lowest BCUT2D eigenvalue weighted by Crippen LogP contribution is -2.05. The Morgan fingerprint density at radius 3 is 2.75 bits per heavy atom. The molecule has 48 valence electrons. The fourth-order valence-corrected chi connectivity index (χ4v) is 0.294. The summed E-state index contributed by atoms with van der Waals surface area (Å²) in [4.78, 5) is 9.88. The second-order valence-corrected chi connectivity index (χ2v) is 1.55. The Morgan fingerprint density at radius 2 is 2.38 bits per heavy atom. The fraction of sp³-hybridized carbons (Fsp3) is 0.750. The SMILES string of the molecule is O=C(Cl)COCCO. The van der Waals surface area contributed by atoms with E-state index in [2.05, 4.69) is 4.74 Å². The number of ether oxygens (including phenoxy) is 1. The van der Waals surface area contributed by atoms with Crippen LogP contribution in [0, 0.1) is 0 Å². The summed E-state index contributed by atoms with van der Waals surface area (Å²) < 4.78 is 4.51. The van der Waals surface area contributed by atoms with Gasteiger partial charge >= 0.3 is 0 Å². The zero-order valence-corrected chi connectivity index (χ0v) is 5.02. The van der Waals surface area contributed by atoms with Gasteiger partial charge in [-0.25, -0.2) is 0 Å². The average Bonchev–Trinajstić information content (AvgIpc) is 1.66. The average molecular weight is 139 g/mol. The molecule has 8 heavy (non-hydrogen) atoms. The summed E-state index contributed by atoms with van der Waals surface area (Å²) in [5.74, 6) is 0. The summed E-state index contributed by atoms with van der Waals surface area (Å²) in [7, 11) is 0. The van der Waals surface area contributed by atoms with Crippen molar-refractivity contribution in [2.75, 3.05) is 19.8 Å². The largest absolute Gasteiger partial charge is 0.394 e. The minimum atomic E-state index is -0.543. The normalized spacial score (nSPS) is 9.25. The summed E-state index contributed by atoms with van der Waals surface area (Å²) in [6.45, 7) is -0.0370. The second-order valence-electron chi connectivity index (χ2n) is 1.13. The predicted octanol–water partition coefficient (Wildman–Crippen LogP) is -0.239. The van der Waals surface area contributed by atoms with Crippen LogP contribution < -0.4 is 0 Å². The number of rotatable bonds is 4. The number of hydrogen-bond acceptors (Lipinski definition) is 3. The molecule has 0 saturated heterocycles. The van der Waals surface area contributed by atoms with Crippen LogP contribution in [0.1, 0.15) is 0 Å². The van der Waals surface area contributed by atoms with Gasteiger partial charge in [-0.2, -0.15) is 0 Å². The standard InChI is InChI=1S/C4H7ClO3/c5-4(7)3-8-2-1-6/h6H,1-3H2. The first kappa shape index (κ1) is 7.88. The van der Waals surface area contributed by atoms with Gasteiger partial charge in [-0.1, -0.05) is 0 Å². The third kappa shape index (κ3) is 5.88. The molecule has 0 aromatic heterocycles. The molecule has 0 unspecified atom stereocenters. The van der Waals surface area contributed by atoms with Crippen LogP contribution in [0.5, 0.6) is 0 Å². The molecule has 0 aliphatic heterocycles. The van der Waals surface area contributed by atoms with E-state index in [0.29, 0.717) is 0 Å². The van der Waals surface area contributed by atoms with E-state index in [-0.39, 0.29) is 19.8 Å². The minimum Gasteiger partial charge on any atom is -0.394 e. The van der Waals surface area contributed by atoms with Crippen molar-refractivity contribution in [1.82, 2.24) is 0 Å². The number of hydrogen-bond donors (Lipinski definition) is 1. The number of aliphatic hydroxyl groups excluding tert-OH is 1. The summed E-state index contributed by atoms with van der Waals surface area (Å²) in [6, 6.07) is 0. The minimum absolute atomic E-state index is 0.0792. The molecule has 0 aliphatic carbocycles. The monoisotopic (exact) mass is 138 g/mol. The molecule has 0 heterocycles. The van der Waals surface area contributed by atoms with Crippen molar-refractivity contribution in [3.63, 3.8) is 0 Å². The highest BCUT2D eigenvalue weighted by atomic mass is 35.5. The van der Waals surface area contributed by atoms with Gasteiger partial charge in [0.1, 0.15) is 6.61 Å². The van der Waals surface area contributed by atoms with Gasteiger partial charge in [0, 0.05) is 0 Å². The van der Waals surface area contributed by atoms with Crippen molar-refractivity contribution >= 4 is 16.8 Å². The van der Waals surface area contributed by atoms with Crippen LogP contribution in [0.25, 0.3) is 0 Å². The third-order valence-electron chi connectivity index (χ3n) is 0.451. The lowest BCUT2D eigenvalue weighted by atomic mass is 10.7. The van der Waals surface area contributed by atoms with E-state index in [4.69, 9.17) is 16.7 Å². The van der Waals surface area contributed by atoms with Crippen molar-refractivity contribution in [2.45, 2.75) is 0 Å². The molecule has 0 spiro atoms. The van der Waals surface area contributed by atoms with E-state index in [1.807, 2.05) is 0 Å². The van der Waals surface area contributed by atoms with Gasteiger partial charge in [-0.15, -0.1) is 0 Å². The maximum Gasteiger partial charge on any atom is 0.247 e. The molecule has 1 N–H and O–H groups in total. The Labute approximate surface area is 52.2 Å². The molecule has 0 aliphatic rings. The quantitative estimate of drug-likeness (QED) is 0.431. The zero-order chi connectivity index (χ0) is 6.41. The van der Waals surface area contributed by atoms with Crippen molar-refractivity contribution in [3.8, 4) is 0 Å². The topological polar surface area (TPSA) is 46.5 Å². The maximum atomic E-state index is 9.88. The van der Waals surface area contributed by atoms with Crippen molar-refractivity contribution in [1.29, 1.82) is 0 Å². The molecule has 3 nitrogen and oxygen atoms in total. The first-order valence-electron chi connectivity index (χ1n) is 2.14. The molecule has 0 aromatic carbocycles. The highest BCUT2D eigenvalue weighted by Crippen LogP contribution is 1.80. The van der Waals surface area contributed by atoms with Crippen LogP contribution in [0.2, 0.25) is 0 Å². The maximum absolute atomic E-state index is 9.88. The van der Waals surface area contributed by atoms with Crippen LogP contribution in [0.4, 0.5) is 0 Å². The molecule has 0 aromatic rings. The Balaban J connectivity index is 2.82. The molecule has 4 heteroatoms. The Bertz CT molecular complexity index is 73.7. The van der Waals surface area contributed by atoms with Crippen molar-refractivity contribution < 1.29 is 14.6 Å². The summed E-state index contributed by atoms with van der Waals surface area (Å²) in [5.41, 5.74) is 0. The van der Waals surface area contributed by atoms with Gasteiger partial charge in [0.05, 0.1) is 13.2 Å². The first-order chi connectivity index (χ1) is 3.77. The molecule has 0 saturated carbocycles. The van der Waals surface area contributed by atoms with E-state index in [1.54, 1.807) is 0 Å². The molecular weight excluding hydrogens is 131 g/mol. The van der Waals surface area contributed by atoms with Gasteiger partial charge in [0.15, 0.2) is 0 Å². The second kappa shape index (κ2) is 5.03. The first-order valence-corrected chi connectivity index (χ1v) is 2.52. The van der Waals surface area contributed by atoms with Crippen LogP contribution >= 0.6 is 11.6 Å². The van der Waals surface area contributed by atoms with Crippen molar-refractivity contribution in [2.24, 2.45) is 0 Å². The van der Waals surface area contributed by atoms with Crippen LogP contribution in [-0.4, -0.2) is 30.2 Å². The van der Waals surface area contributed by atoms with Crippen LogP contribution in [0.3, 0.4) is 0 Å². The zero-order valence-electron chi connectivity index (χ0n) is 4.26. The predicted molar refractivity (Wildman–Crippen MR) is 28.8 cm³/mol. The smallest absolute Gasteiger partial charge is 0.247 e. The van der Waals surface area contributed by atoms with Crippen LogP contribution in [-0.2, 0) is 9.53 Å². The highest BCUT2D eigenvalue weighted by Gasteiger charge is 1.92. The molecule has 0 bridgehead atoms. The lowest BCUT2D eigenvalue weighted by molar-refractivity contribution is -0.116. The number of halogens is 1. The van der Waals surface area contributed by atoms with E-state index in [0.717, 1.165) is 0 Å². The lowest BCUT2D eigenvalue weighted by Gasteiger charge is -1.93. The van der Waals surface area contributed by atoms with E-state index in [1.165, 1.54) is 0 Å². The molecule has 0 fully saturated rings. The Hall–Kier alpha value is -0.120. The van der Waals surface area contributed by atoms with E-state index >= 15 is 0 Å². The molecule has 0 radical (unpaired) electrons. The number of aliphatic hydroxyl groups is 1. The molecule has 0 rings (SSSR count). The van der Waals surface area contributed by atoms with Gasteiger partial charge < -0.3 is 9.84 Å². The van der Waals surface area contributed by atoms with Gasteiger partial charge in [0.2, 0.25) is 5.24 Å². The van der Waals surface area contributed by atoms with E-state index in [9.17, 15) is 4.79 Å². The summed E-state index contributed by atoms with van der Waals surface area (Å²) in [5, 5.41) is 7.56. The van der Waals surface area contributed by atoms with E-state index < -0.39 is 5.24 Å². The van der Waals surface area contributed by atoms with Crippen molar-refractivity contribution in [3.05, 3.63) is 0 Å². The van der Waals surface area contributed by atoms with Gasteiger partial charge in [0.25, 0.3) is 0 Å².